The van der Waals surface area contributed by atoms with Crippen molar-refractivity contribution in [1.29, 1.82) is 0 Å². The Labute approximate surface area is 192 Å². The van der Waals surface area contributed by atoms with Crippen LogP contribution in [-0.4, -0.2) is 43.2 Å². The number of carbonyl (C=O) groups is 1. The van der Waals surface area contributed by atoms with Gasteiger partial charge in [0.25, 0.3) is 0 Å². The first-order valence-corrected chi connectivity index (χ1v) is 10.1. The number of aliphatic hydroxyl groups is 1. The van der Waals surface area contributed by atoms with Crippen molar-refractivity contribution in [2.75, 3.05) is 26.2 Å². The number of carbonyl (C=O) groups excluding carboxylic acids is 1. The zero-order valence-corrected chi connectivity index (χ0v) is 19.7. The molecule has 1 amide bonds. The Balaban J connectivity index is 0.00000420. The van der Waals surface area contributed by atoms with Crippen molar-refractivity contribution in [3.63, 3.8) is 0 Å². The fourth-order valence-electron chi connectivity index (χ4n) is 2.51. The number of halogens is 2. The van der Waals surface area contributed by atoms with Crippen LogP contribution in [0.2, 0.25) is 0 Å². The maximum Gasteiger partial charge on any atom is 0.224 e. The summed E-state index contributed by atoms with van der Waals surface area (Å²) >= 11 is 1.53. The van der Waals surface area contributed by atoms with Gasteiger partial charge >= 0.3 is 0 Å². The molecule has 1 aromatic heterocycles. The van der Waals surface area contributed by atoms with Gasteiger partial charge in [-0.05, 0) is 53.9 Å². The highest BCUT2D eigenvalue weighted by Gasteiger charge is 2.23. The second kappa shape index (κ2) is 12.8. The van der Waals surface area contributed by atoms with E-state index in [4.69, 9.17) is 0 Å². The van der Waals surface area contributed by atoms with Gasteiger partial charge in [0.1, 0.15) is 11.4 Å². The highest BCUT2D eigenvalue weighted by Crippen LogP contribution is 2.23. The lowest BCUT2D eigenvalue weighted by Gasteiger charge is -2.21. The predicted octanol–water partition coefficient (Wildman–Crippen LogP) is 2.63. The summed E-state index contributed by atoms with van der Waals surface area (Å²) in [6.07, 6.45) is 0.134. The van der Waals surface area contributed by atoms with Gasteiger partial charge < -0.3 is 21.1 Å². The molecule has 1 aromatic carbocycles. The van der Waals surface area contributed by atoms with E-state index in [9.17, 15) is 14.3 Å². The minimum atomic E-state index is -1.04. The molecule has 0 aliphatic carbocycles. The van der Waals surface area contributed by atoms with Crippen molar-refractivity contribution < 1.29 is 14.3 Å². The standard InChI is InChI=1S/C20H27FN4O2S.HI/c1-3-22-19(25-14-20(2,27)16-7-10-28-13-16)24-9-8-23-18(26)12-15-5-4-6-17(21)11-15;/h4-7,10-11,13,27H,3,8-9,12,14H2,1-2H3,(H,23,26)(H2,22,24,25);1H. The Kier molecular flexibility index (Phi) is 11.1. The lowest BCUT2D eigenvalue weighted by molar-refractivity contribution is -0.120. The summed E-state index contributed by atoms with van der Waals surface area (Å²) < 4.78 is 13.2. The van der Waals surface area contributed by atoms with E-state index in [0.717, 1.165) is 5.56 Å². The Morgan fingerprint density at radius 1 is 1.24 bits per heavy atom. The first-order chi connectivity index (χ1) is 13.4. The van der Waals surface area contributed by atoms with Crippen molar-refractivity contribution in [1.82, 2.24) is 16.0 Å². The van der Waals surface area contributed by atoms with Gasteiger partial charge in [-0.3, -0.25) is 4.79 Å². The van der Waals surface area contributed by atoms with Crippen molar-refractivity contribution in [3.8, 4) is 0 Å². The molecule has 0 aliphatic rings. The molecule has 0 saturated carbocycles. The summed E-state index contributed by atoms with van der Waals surface area (Å²) in [4.78, 5) is 16.4. The largest absolute Gasteiger partial charge is 0.383 e. The molecule has 0 spiro atoms. The van der Waals surface area contributed by atoms with E-state index < -0.39 is 5.60 Å². The molecule has 2 aromatic rings. The lowest BCUT2D eigenvalue weighted by atomic mass is 10.00. The minimum Gasteiger partial charge on any atom is -0.383 e. The van der Waals surface area contributed by atoms with Crippen LogP contribution in [0, 0.1) is 5.82 Å². The lowest BCUT2D eigenvalue weighted by Crippen LogP contribution is -2.42. The Bertz CT molecular complexity index is 785. The highest BCUT2D eigenvalue weighted by molar-refractivity contribution is 14.0. The van der Waals surface area contributed by atoms with Gasteiger partial charge in [0.05, 0.1) is 13.0 Å². The van der Waals surface area contributed by atoms with Crippen LogP contribution in [0.3, 0.4) is 0 Å². The van der Waals surface area contributed by atoms with Crippen LogP contribution in [0.5, 0.6) is 0 Å². The summed E-state index contributed by atoms with van der Waals surface area (Å²) in [6.45, 7) is 5.45. The molecule has 2 rings (SSSR count). The molecule has 0 bridgehead atoms. The molecule has 1 heterocycles. The van der Waals surface area contributed by atoms with Crippen molar-refractivity contribution in [2.45, 2.75) is 25.9 Å². The number of rotatable bonds is 9. The quantitative estimate of drug-likeness (QED) is 0.173. The number of guanidine groups is 1. The normalized spacial score (nSPS) is 13.2. The van der Waals surface area contributed by atoms with Gasteiger partial charge in [-0.15, -0.1) is 24.0 Å². The van der Waals surface area contributed by atoms with E-state index in [1.807, 2.05) is 23.8 Å². The molecular weight excluding hydrogens is 506 g/mol. The molecule has 29 heavy (non-hydrogen) atoms. The molecule has 4 N–H and O–H groups in total. The maximum atomic E-state index is 13.2. The first kappa shape index (κ1) is 25.3. The average Bonchev–Trinajstić information content (AvgIpc) is 3.19. The van der Waals surface area contributed by atoms with Gasteiger partial charge in [-0.1, -0.05) is 12.1 Å². The van der Waals surface area contributed by atoms with Crippen LogP contribution < -0.4 is 16.0 Å². The van der Waals surface area contributed by atoms with Gasteiger partial charge in [0.15, 0.2) is 5.96 Å². The third kappa shape index (κ3) is 9.09. The second-order valence-electron chi connectivity index (χ2n) is 6.56. The molecular formula is C20H28FIN4O2S. The number of nitrogens with zero attached hydrogens (tertiary/aromatic N) is 1. The molecule has 1 unspecified atom stereocenters. The van der Waals surface area contributed by atoms with Crippen LogP contribution in [0.4, 0.5) is 4.39 Å². The van der Waals surface area contributed by atoms with E-state index in [1.54, 1.807) is 19.1 Å². The average molecular weight is 534 g/mol. The molecule has 160 valence electrons. The molecule has 9 heteroatoms. The van der Waals surface area contributed by atoms with Gasteiger partial charge in [0.2, 0.25) is 5.91 Å². The first-order valence-electron chi connectivity index (χ1n) is 9.19. The number of nitrogens with one attached hydrogen (secondary N) is 3. The van der Waals surface area contributed by atoms with Gasteiger partial charge in [0, 0.05) is 19.6 Å². The summed E-state index contributed by atoms with van der Waals surface area (Å²) in [7, 11) is 0. The van der Waals surface area contributed by atoms with Gasteiger partial charge in [-0.2, -0.15) is 11.3 Å². The molecule has 0 aliphatic heterocycles. The Morgan fingerprint density at radius 2 is 2.00 bits per heavy atom. The Hall–Kier alpha value is -1.72. The summed E-state index contributed by atoms with van der Waals surface area (Å²) in [5, 5.41) is 23.4. The van der Waals surface area contributed by atoms with E-state index in [0.29, 0.717) is 31.2 Å². The SMILES string of the molecule is CCNC(=NCC(C)(O)c1ccsc1)NCCNC(=O)Cc1cccc(F)c1.I. The van der Waals surface area contributed by atoms with Crippen LogP contribution in [-0.2, 0) is 16.8 Å². The fraction of sp³-hybridized carbons (Fsp3) is 0.400. The maximum absolute atomic E-state index is 13.2. The number of hydrogen-bond donors (Lipinski definition) is 4. The zero-order valence-electron chi connectivity index (χ0n) is 16.6. The highest BCUT2D eigenvalue weighted by atomic mass is 127. The van der Waals surface area contributed by atoms with Crippen molar-refractivity contribution in [2.24, 2.45) is 4.99 Å². The number of hydrogen-bond acceptors (Lipinski definition) is 4. The molecule has 0 radical (unpaired) electrons. The van der Waals surface area contributed by atoms with Crippen LogP contribution in [0.15, 0.2) is 46.1 Å². The van der Waals surface area contributed by atoms with Crippen LogP contribution in [0.25, 0.3) is 0 Å². The molecule has 0 saturated heterocycles. The number of amides is 1. The third-order valence-corrected chi connectivity index (χ3v) is 4.71. The summed E-state index contributed by atoms with van der Waals surface area (Å²) in [5.41, 5.74) is 0.430. The van der Waals surface area contributed by atoms with Crippen molar-refractivity contribution >= 4 is 47.2 Å². The molecule has 6 nitrogen and oxygen atoms in total. The minimum absolute atomic E-state index is 0. The van der Waals surface area contributed by atoms with E-state index >= 15 is 0 Å². The predicted molar refractivity (Wildman–Crippen MR) is 126 cm³/mol. The molecule has 1 atom stereocenters. The second-order valence-corrected chi connectivity index (χ2v) is 7.34. The number of benzene rings is 1. The number of thiophene rings is 1. The van der Waals surface area contributed by atoms with Crippen LogP contribution in [0.1, 0.15) is 25.0 Å². The van der Waals surface area contributed by atoms with E-state index in [1.165, 1.54) is 23.5 Å². The molecule has 0 fully saturated rings. The monoisotopic (exact) mass is 534 g/mol. The summed E-state index contributed by atoms with van der Waals surface area (Å²) in [6, 6.07) is 7.89. The van der Waals surface area contributed by atoms with Crippen LogP contribution >= 0.6 is 35.3 Å². The Morgan fingerprint density at radius 3 is 2.66 bits per heavy atom. The zero-order chi connectivity index (χ0) is 20.4. The number of aliphatic imine (C=N–C) groups is 1. The van der Waals surface area contributed by atoms with E-state index in [2.05, 4.69) is 20.9 Å². The fourth-order valence-corrected chi connectivity index (χ4v) is 3.30. The summed E-state index contributed by atoms with van der Waals surface area (Å²) in [5.74, 6) is 0.0453. The van der Waals surface area contributed by atoms with Gasteiger partial charge in [-0.25, -0.2) is 9.38 Å². The van der Waals surface area contributed by atoms with Crippen molar-refractivity contribution in [3.05, 3.63) is 58.0 Å². The topological polar surface area (TPSA) is 85.8 Å². The smallest absolute Gasteiger partial charge is 0.224 e. The van der Waals surface area contributed by atoms with E-state index in [-0.39, 0.29) is 48.7 Å². The third-order valence-electron chi connectivity index (χ3n) is 4.03.